The highest BCUT2D eigenvalue weighted by Gasteiger charge is 2.40. The minimum atomic E-state index is -0.705. The number of amides is 3. The van der Waals surface area contributed by atoms with Crippen LogP contribution in [0, 0.1) is 5.41 Å². The van der Waals surface area contributed by atoms with E-state index in [0.717, 1.165) is 12.0 Å². The van der Waals surface area contributed by atoms with Gasteiger partial charge in [-0.2, -0.15) is 0 Å². The van der Waals surface area contributed by atoms with Gasteiger partial charge in [-0.3, -0.25) is 4.79 Å². The fraction of sp³-hybridized carbons (Fsp3) is 0.391. The van der Waals surface area contributed by atoms with Crippen LogP contribution in [0.1, 0.15) is 30.9 Å². The fourth-order valence-corrected chi connectivity index (χ4v) is 3.70. The molecule has 7 heteroatoms. The van der Waals surface area contributed by atoms with Gasteiger partial charge in [-0.1, -0.05) is 48.9 Å². The normalized spacial score (nSPS) is 15.3. The van der Waals surface area contributed by atoms with Crippen molar-refractivity contribution in [3.63, 3.8) is 0 Å². The highest BCUT2D eigenvalue weighted by atomic mass is 35.5. The summed E-state index contributed by atoms with van der Waals surface area (Å²) in [5, 5.41) is 9.29. The van der Waals surface area contributed by atoms with Gasteiger partial charge in [0.25, 0.3) is 0 Å². The fourth-order valence-electron chi connectivity index (χ4n) is 3.50. The average molecular weight is 430 g/mol. The van der Waals surface area contributed by atoms with Crippen molar-refractivity contribution < 1.29 is 14.3 Å². The minimum absolute atomic E-state index is 0.0988. The van der Waals surface area contributed by atoms with Crippen LogP contribution in [0.4, 0.5) is 10.5 Å². The summed E-state index contributed by atoms with van der Waals surface area (Å²) >= 11 is 6.19. The molecule has 1 aliphatic heterocycles. The molecule has 1 saturated heterocycles. The molecular weight excluding hydrogens is 402 g/mol. The molecule has 0 unspecified atom stereocenters. The zero-order valence-corrected chi connectivity index (χ0v) is 17.9. The third-order valence-electron chi connectivity index (χ3n) is 5.54. The molecule has 0 aromatic heterocycles. The molecule has 1 aliphatic rings. The summed E-state index contributed by atoms with van der Waals surface area (Å²) in [6.07, 6.45) is 2.04. The highest BCUT2D eigenvalue weighted by molar-refractivity contribution is 6.31. The molecule has 6 nitrogen and oxygen atoms in total. The Morgan fingerprint density at radius 2 is 1.73 bits per heavy atom. The Kier molecular flexibility index (Phi) is 7.71. The van der Waals surface area contributed by atoms with Crippen LogP contribution < -0.4 is 16.0 Å². The Morgan fingerprint density at radius 1 is 1.03 bits per heavy atom. The molecule has 2 aromatic rings. The van der Waals surface area contributed by atoms with Crippen molar-refractivity contribution in [2.45, 2.75) is 32.7 Å². The number of anilines is 1. The van der Waals surface area contributed by atoms with Crippen LogP contribution in [0.3, 0.4) is 0 Å². The second-order valence-electron chi connectivity index (χ2n) is 7.52. The zero-order chi connectivity index (χ0) is 21.4. The van der Waals surface area contributed by atoms with Crippen LogP contribution in [0.2, 0.25) is 5.02 Å². The Labute approximate surface area is 182 Å². The van der Waals surface area contributed by atoms with Crippen LogP contribution >= 0.6 is 11.6 Å². The lowest BCUT2D eigenvalue weighted by molar-refractivity contribution is -0.136. The molecule has 3 rings (SSSR count). The molecule has 3 amide bonds. The molecule has 0 atom stereocenters. The number of hydrogen-bond donors (Lipinski definition) is 3. The lowest BCUT2D eigenvalue weighted by Crippen LogP contribution is -2.51. The maximum Gasteiger partial charge on any atom is 0.319 e. The maximum absolute atomic E-state index is 13.1. The van der Waals surface area contributed by atoms with E-state index in [9.17, 15) is 9.59 Å². The van der Waals surface area contributed by atoms with Gasteiger partial charge in [0.05, 0.1) is 5.41 Å². The summed E-state index contributed by atoms with van der Waals surface area (Å²) < 4.78 is 5.45. The van der Waals surface area contributed by atoms with E-state index < -0.39 is 5.41 Å². The third-order valence-corrected chi connectivity index (χ3v) is 5.90. The topological polar surface area (TPSA) is 79.5 Å². The number of hydrogen-bond acceptors (Lipinski definition) is 3. The molecule has 0 spiro atoms. The van der Waals surface area contributed by atoms with E-state index in [2.05, 4.69) is 22.9 Å². The van der Waals surface area contributed by atoms with Crippen molar-refractivity contribution in [2.24, 2.45) is 5.41 Å². The number of benzene rings is 2. The number of halogens is 1. The van der Waals surface area contributed by atoms with E-state index in [1.54, 1.807) is 6.07 Å². The predicted octanol–water partition coefficient (Wildman–Crippen LogP) is 4.14. The van der Waals surface area contributed by atoms with Crippen molar-refractivity contribution in [1.82, 2.24) is 10.6 Å². The first-order chi connectivity index (χ1) is 14.5. The monoisotopic (exact) mass is 429 g/mol. The molecule has 1 heterocycles. The smallest absolute Gasteiger partial charge is 0.319 e. The van der Waals surface area contributed by atoms with Crippen molar-refractivity contribution in [3.8, 4) is 0 Å². The molecule has 30 heavy (non-hydrogen) atoms. The lowest BCUT2D eigenvalue weighted by Gasteiger charge is -2.35. The summed E-state index contributed by atoms with van der Waals surface area (Å²) in [6, 6.07) is 14.8. The average Bonchev–Trinajstić information content (AvgIpc) is 2.78. The summed E-state index contributed by atoms with van der Waals surface area (Å²) in [6.45, 7) is 3.64. The second-order valence-corrected chi connectivity index (χ2v) is 7.93. The van der Waals surface area contributed by atoms with Crippen molar-refractivity contribution in [1.29, 1.82) is 0 Å². The van der Waals surface area contributed by atoms with Gasteiger partial charge in [-0.25, -0.2) is 4.79 Å². The zero-order valence-electron chi connectivity index (χ0n) is 17.2. The van der Waals surface area contributed by atoms with E-state index in [-0.39, 0.29) is 18.5 Å². The van der Waals surface area contributed by atoms with Crippen LogP contribution in [-0.4, -0.2) is 31.7 Å². The Morgan fingerprint density at radius 3 is 2.40 bits per heavy atom. The molecule has 2 aromatic carbocycles. The van der Waals surface area contributed by atoms with Gasteiger partial charge < -0.3 is 20.7 Å². The standard InChI is InChI=1S/C23H28ClN3O3/c1-2-17-7-9-19(10-8-17)27-22(29)26-16-23(11-13-30-14-12-23)21(28)25-15-18-5-3-4-6-20(18)24/h3-10H,2,11-16H2,1H3,(H,25,28)(H2,26,27,29). The number of ether oxygens (including phenoxy) is 1. The minimum Gasteiger partial charge on any atom is -0.381 e. The van der Waals surface area contributed by atoms with Gasteiger partial charge in [0.2, 0.25) is 5.91 Å². The lowest BCUT2D eigenvalue weighted by atomic mass is 9.79. The van der Waals surface area contributed by atoms with E-state index in [1.165, 1.54) is 5.56 Å². The largest absolute Gasteiger partial charge is 0.381 e. The number of carbonyl (C=O) groups is 2. The van der Waals surface area contributed by atoms with Gasteiger partial charge >= 0.3 is 6.03 Å². The van der Waals surface area contributed by atoms with Gasteiger partial charge in [-0.05, 0) is 48.6 Å². The van der Waals surface area contributed by atoms with Crippen LogP contribution in [0.25, 0.3) is 0 Å². The highest BCUT2D eigenvalue weighted by Crippen LogP contribution is 2.30. The van der Waals surface area contributed by atoms with E-state index in [1.807, 2.05) is 42.5 Å². The SMILES string of the molecule is CCc1ccc(NC(=O)NCC2(C(=O)NCc3ccccc3Cl)CCOCC2)cc1. The summed E-state index contributed by atoms with van der Waals surface area (Å²) in [7, 11) is 0. The third kappa shape index (κ3) is 5.74. The first-order valence-electron chi connectivity index (χ1n) is 10.3. The van der Waals surface area contributed by atoms with Gasteiger partial charge in [0.1, 0.15) is 0 Å². The number of rotatable bonds is 7. The van der Waals surface area contributed by atoms with Gasteiger partial charge in [0, 0.05) is 37.0 Å². The number of aryl methyl sites for hydroxylation is 1. The second kappa shape index (κ2) is 10.5. The van der Waals surface area contributed by atoms with Crippen LogP contribution in [0.15, 0.2) is 48.5 Å². The quantitative estimate of drug-likeness (QED) is 0.618. The molecule has 1 fully saturated rings. The van der Waals surface area contributed by atoms with Gasteiger partial charge in [-0.15, -0.1) is 0 Å². The molecule has 160 valence electrons. The van der Waals surface area contributed by atoms with Gasteiger partial charge in [0.15, 0.2) is 0 Å². The van der Waals surface area contributed by atoms with Crippen LogP contribution in [-0.2, 0) is 22.5 Å². The van der Waals surface area contributed by atoms with E-state index in [0.29, 0.717) is 43.3 Å². The van der Waals surface area contributed by atoms with Crippen molar-refractivity contribution in [3.05, 3.63) is 64.7 Å². The van der Waals surface area contributed by atoms with E-state index in [4.69, 9.17) is 16.3 Å². The predicted molar refractivity (Wildman–Crippen MR) is 119 cm³/mol. The first kappa shape index (κ1) is 22.1. The summed E-state index contributed by atoms with van der Waals surface area (Å²) in [5.41, 5.74) is 2.07. The molecule has 3 N–H and O–H groups in total. The van der Waals surface area contributed by atoms with Crippen molar-refractivity contribution in [2.75, 3.05) is 25.1 Å². The summed E-state index contributed by atoms with van der Waals surface area (Å²) in [5.74, 6) is -0.0988. The first-order valence-corrected chi connectivity index (χ1v) is 10.6. The number of nitrogens with one attached hydrogen (secondary N) is 3. The van der Waals surface area contributed by atoms with E-state index >= 15 is 0 Å². The Balaban J connectivity index is 1.59. The molecule has 0 radical (unpaired) electrons. The molecule has 0 saturated carbocycles. The number of carbonyl (C=O) groups excluding carboxylic acids is 2. The molecular formula is C23H28ClN3O3. The Bertz CT molecular complexity index is 864. The molecule has 0 aliphatic carbocycles. The maximum atomic E-state index is 13.1. The summed E-state index contributed by atoms with van der Waals surface area (Å²) in [4.78, 5) is 25.5. The molecule has 0 bridgehead atoms. The Hall–Kier alpha value is -2.57. The number of urea groups is 1. The van der Waals surface area contributed by atoms with Crippen LogP contribution in [0.5, 0.6) is 0 Å². The van der Waals surface area contributed by atoms with Crippen molar-refractivity contribution >= 4 is 29.2 Å².